The number of esters is 1. The maximum absolute atomic E-state index is 11.7. The number of aromatic amines is 1. The van der Waals surface area contributed by atoms with Crippen LogP contribution in [0.25, 0.3) is 11.2 Å². The zero-order valence-corrected chi connectivity index (χ0v) is 15.2. The van der Waals surface area contributed by atoms with Crippen molar-refractivity contribution in [2.45, 2.75) is 32.7 Å². The summed E-state index contributed by atoms with van der Waals surface area (Å²) in [5, 5.41) is 9.35. The van der Waals surface area contributed by atoms with Gasteiger partial charge in [-0.1, -0.05) is 13.8 Å². The normalized spacial score (nSPS) is 13.4. The number of nitrogens with zero attached hydrogens (tertiary/aromatic N) is 3. The van der Waals surface area contributed by atoms with Gasteiger partial charge in [0.25, 0.3) is 5.56 Å². The molecule has 0 spiro atoms. The molecule has 0 bridgehead atoms. The summed E-state index contributed by atoms with van der Waals surface area (Å²) in [6.07, 6.45) is 0.599. The average Bonchev–Trinajstić information content (AvgIpc) is 2.97. The van der Waals surface area contributed by atoms with Gasteiger partial charge in [-0.15, -0.1) is 12.4 Å². The van der Waals surface area contributed by atoms with E-state index < -0.39 is 23.7 Å². The van der Waals surface area contributed by atoms with Crippen LogP contribution in [0.4, 0.5) is 5.95 Å². The van der Waals surface area contributed by atoms with Crippen molar-refractivity contribution in [1.29, 1.82) is 0 Å². The fourth-order valence-corrected chi connectivity index (χ4v) is 1.95. The molecule has 0 unspecified atom stereocenters. The third-order valence-electron chi connectivity index (χ3n) is 3.55. The fourth-order valence-electron chi connectivity index (χ4n) is 1.95. The maximum Gasteiger partial charge on any atom is 0.323 e. The van der Waals surface area contributed by atoms with Crippen LogP contribution in [-0.4, -0.2) is 56.0 Å². The van der Waals surface area contributed by atoms with Crippen molar-refractivity contribution in [3.63, 3.8) is 0 Å². The molecule has 12 heteroatoms. The second-order valence-corrected chi connectivity index (χ2v) is 5.84. The molecule has 0 fully saturated rings. The van der Waals surface area contributed by atoms with E-state index in [1.165, 1.54) is 10.9 Å². The number of nitrogen functional groups attached to an aromatic ring is 1. The van der Waals surface area contributed by atoms with E-state index in [1.807, 2.05) is 0 Å². The van der Waals surface area contributed by atoms with E-state index in [4.69, 9.17) is 20.9 Å². The molecule has 2 heterocycles. The van der Waals surface area contributed by atoms with Crippen molar-refractivity contribution in [3.8, 4) is 0 Å². The molecule has 11 nitrogen and oxygen atoms in total. The molecule has 0 aliphatic carbocycles. The molecule has 0 radical (unpaired) electrons. The van der Waals surface area contributed by atoms with Gasteiger partial charge in [-0.3, -0.25) is 19.1 Å². The number of hydrogen-bond acceptors (Lipinski definition) is 9. The van der Waals surface area contributed by atoms with Gasteiger partial charge >= 0.3 is 5.97 Å². The van der Waals surface area contributed by atoms with E-state index in [1.54, 1.807) is 13.8 Å². The second kappa shape index (κ2) is 9.48. The Balaban J connectivity index is 0.00000338. The van der Waals surface area contributed by atoms with Gasteiger partial charge in [0.15, 0.2) is 11.2 Å². The van der Waals surface area contributed by atoms with Crippen molar-refractivity contribution < 1.29 is 19.4 Å². The van der Waals surface area contributed by atoms with Crippen LogP contribution in [0.3, 0.4) is 0 Å². The number of aromatic nitrogens is 4. The molecule has 2 aromatic rings. The lowest BCUT2D eigenvalue weighted by molar-refractivity contribution is -0.153. The standard InChI is InChI=1S/C14H22N6O5.ClH/c1-7(2)9(15)13(23)24-4-8(3-21)25-6-20-5-17-10-11(20)18-14(16)19-12(10)22;/h5,7-9,21H,3-4,6,15H2,1-2H3,(H3,16,18,19,22);1H/t8-,9-;/m0./s1. The molecule has 0 aliphatic heterocycles. The number of nitrogens with one attached hydrogen (secondary N) is 1. The van der Waals surface area contributed by atoms with Crippen molar-refractivity contribution >= 4 is 35.5 Å². The van der Waals surface area contributed by atoms with Gasteiger partial charge in [0.2, 0.25) is 5.95 Å². The quantitative estimate of drug-likeness (QED) is 0.412. The Morgan fingerprint density at radius 3 is 2.77 bits per heavy atom. The smallest absolute Gasteiger partial charge is 0.323 e. The Bertz CT molecular complexity index is 792. The predicted molar refractivity (Wildman–Crippen MR) is 95.5 cm³/mol. The number of carbonyl (C=O) groups is 1. The molecule has 0 amide bonds. The van der Waals surface area contributed by atoms with Crippen LogP contribution in [0.15, 0.2) is 11.1 Å². The van der Waals surface area contributed by atoms with Gasteiger partial charge in [-0.25, -0.2) is 4.98 Å². The maximum atomic E-state index is 11.7. The van der Waals surface area contributed by atoms with Crippen molar-refractivity contribution in [3.05, 3.63) is 16.7 Å². The molecule has 0 saturated carbocycles. The highest BCUT2D eigenvalue weighted by molar-refractivity contribution is 5.85. The molecule has 2 atom stereocenters. The molecule has 26 heavy (non-hydrogen) atoms. The highest BCUT2D eigenvalue weighted by atomic mass is 35.5. The number of imidazole rings is 1. The van der Waals surface area contributed by atoms with E-state index in [9.17, 15) is 14.7 Å². The number of fused-ring (bicyclic) bond motifs is 1. The van der Waals surface area contributed by atoms with Gasteiger partial charge in [-0.2, -0.15) is 4.98 Å². The van der Waals surface area contributed by atoms with Gasteiger partial charge in [0, 0.05) is 0 Å². The second-order valence-electron chi connectivity index (χ2n) is 5.84. The zero-order valence-electron chi connectivity index (χ0n) is 14.4. The van der Waals surface area contributed by atoms with Crippen LogP contribution in [0.5, 0.6) is 0 Å². The Morgan fingerprint density at radius 2 is 2.15 bits per heavy atom. The van der Waals surface area contributed by atoms with Crippen LogP contribution in [-0.2, 0) is 21.0 Å². The number of halogens is 1. The molecule has 146 valence electrons. The van der Waals surface area contributed by atoms with Crippen LogP contribution in [0.2, 0.25) is 0 Å². The number of rotatable bonds is 8. The summed E-state index contributed by atoms with van der Waals surface area (Å²) in [5.41, 5.74) is 11.1. The molecule has 2 aromatic heterocycles. The van der Waals surface area contributed by atoms with E-state index in [-0.39, 0.29) is 55.4 Å². The fraction of sp³-hybridized carbons (Fsp3) is 0.571. The van der Waals surface area contributed by atoms with E-state index >= 15 is 0 Å². The first-order valence-corrected chi connectivity index (χ1v) is 7.68. The van der Waals surface area contributed by atoms with Crippen LogP contribution < -0.4 is 17.0 Å². The topological polar surface area (TPSA) is 171 Å². The molecule has 6 N–H and O–H groups in total. The van der Waals surface area contributed by atoms with E-state index in [2.05, 4.69) is 15.0 Å². The SMILES string of the molecule is CC(C)[C@H](N)C(=O)OC[C@H](CO)OCn1cnc2c(=O)[nH]c(N)nc21.Cl. The summed E-state index contributed by atoms with van der Waals surface area (Å²) in [6.45, 7) is 3.02. The van der Waals surface area contributed by atoms with Gasteiger partial charge in [0.1, 0.15) is 25.5 Å². The van der Waals surface area contributed by atoms with Crippen LogP contribution >= 0.6 is 12.4 Å². The van der Waals surface area contributed by atoms with Crippen LogP contribution in [0.1, 0.15) is 13.8 Å². The Morgan fingerprint density at radius 1 is 1.46 bits per heavy atom. The summed E-state index contributed by atoms with van der Waals surface area (Å²) in [7, 11) is 0. The number of nitrogens with two attached hydrogens (primary N) is 2. The lowest BCUT2D eigenvalue weighted by atomic mass is 10.1. The highest BCUT2D eigenvalue weighted by Gasteiger charge is 2.21. The van der Waals surface area contributed by atoms with E-state index in [0.29, 0.717) is 0 Å². The average molecular weight is 391 g/mol. The summed E-state index contributed by atoms with van der Waals surface area (Å²) in [6, 6.07) is -0.740. The number of hydrogen-bond donors (Lipinski definition) is 4. The first-order valence-electron chi connectivity index (χ1n) is 7.68. The summed E-state index contributed by atoms with van der Waals surface area (Å²) < 4.78 is 12.0. The Kier molecular flexibility index (Phi) is 7.96. The van der Waals surface area contributed by atoms with Crippen molar-refractivity contribution in [2.24, 2.45) is 11.7 Å². The number of aliphatic hydroxyl groups excluding tert-OH is 1. The first-order chi connectivity index (χ1) is 11.8. The molecule has 2 rings (SSSR count). The summed E-state index contributed by atoms with van der Waals surface area (Å²) in [5.74, 6) is -0.673. The summed E-state index contributed by atoms with van der Waals surface area (Å²) >= 11 is 0. The molecule has 0 saturated heterocycles. The minimum Gasteiger partial charge on any atom is -0.462 e. The minimum absolute atomic E-state index is 0. The van der Waals surface area contributed by atoms with Crippen LogP contribution in [0, 0.1) is 5.92 Å². The number of carbonyl (C=O) groups excluding carboxylic acids is 1. The Hall–Kier alpha value is -2.21. The van der Waals surface area contributed by atoms with Gasteiger partial charge in [-0.05, 0) is 5.92 Å². The monoisotopic (exact) mass is 390 g/mol. The third-order valence-corrected chi connectivity index (χ3v) is 3.55. The third kappa shape index (κ3) is 5.14. The lowest BCUT2D eigenvalue weighted by Crippen LogP contribution is -2.39. The largest absolute Gasteiger partial charge is 0.462 e. The van der Waals surface area contributed by atoms with Crippen molar-refractivity contribution in [1.82, 2.24) is 19.5 Å². The lowest BCUT2D eigenvalue weighted by Gasteiger charge is -2.19. The molecule has 0 aliphatic rings. The Labute approximate surface area is 155 Å². The molecule has 0 aromatic carbocycles. The number of aliphatic hydroxyl groups is 1. The number of H-pyrrole nitrogens is 1. The van der Waals surface area contributed by atoms with E-state index in [0.717, 1.165) is 0 Å². The van der Waals surface area contributed by atoms with Gasteiger partial charge < -0.3 is 26.0 Å². The van der Waals surface area contributed by atoms with Crippen molar-refractivity contribution in [2.75, 3.05) is 18.9 Å². The first kappa shape index (κ1) is 21.8. The minimum atomic E-state index is -0.764. The summed E-state index contributed by atoms with van der Waals surface area (Å²) in [4.78, 5) is 33.7. The highest BCUT2D eigenvalue weighted by Crippen LogP contribution is 2.08. The zero-order chi connectivity index (χ0) is 18.6. The molecular weight excluding hydrogens is 368 g/mol. The number of anilines is 1. The molecular formula is C14H23ClN6O5. The van der Waals surface area contributed by atoms with Gasteiger partial charge in [0.05, 0.1) is 12.9 Å². The number of ether oxygens (including phenoxy) is 2. The predicted octanol–water partition coefficient (Wildman–Crippen LogP) is -1.01.